The number of pyridine rings is 1. The zero-order valence-corrected chi connectivity index (χ0v) is 17.8. The Kier molecular flexibility index (Phi) is 6.51. The summed E-state index contributed by atoms with van der Waals surface area (Å²) in [5.74, 6) is -0.552. The average molecular weight is 450 g/mol. The summed E-state index contributed by atoms with van der Waals surface area (Å²) in [4.78, 5) is 27.5. The van der Waals surface area contributed by atoms with Crippen molar-refractivity contribution in [1.29, 1.82) is 5.26 Å². The molecule has 0 radical (unpaired) electrons. The number of para-hydroxylation sites is 1. The Morgan fingerprint density at radius 2 is 1.97 bits per heavy atom. The summed E-state index contributed by atoms with van der Waals surface area (Å²) in [7, 11) is 0. The minimum absolute atomic E-state index is 0.0867. The number of benzene rings is 2. The molecule has 4 aromatic rings. The van der Waals surface area contributed by atoms with E-state index in [1.165, 1.54) is 18.2 Å². The molecule has 0 saturated carbocycles. The Morgan fingerprint density at radius 3 is 2.68 bits per heavy atom. The van der Waals surface area contributed by atoms with Crippen LogP contribution in [0.3, 0.4) is 0 Å². The molecule has 0 fully saturated rings. The van der Waals surface area contributed by atoms with Gasteiger partial charge in [-0.05, 0) is 29.8 Å². The molecule has 0 aliphatic heterocycles. The van der Waals surface area contributed by atoms with Gasteiger partial charge in [-0.15, -0.1) is 0 Å². The van der Waals surface area contributed by atoms with Crippen LogP contribution in [0.15, 0.2) is 90.9 Å². The second-order valence-electron chi connectivity index (χ2n) is 7.23. The van der Waals surface area contributed by atoms with Gasteiger partial charge in [-0.2, -0.15) is 10.4 Å². The first-order chi connectivity index (χ1) is 16.5. The molecule has 0 aliphatic rings. The maximum Gasteiger partial charge on any atom is 0.270 e. The number of nitrogens with one attached hydrogen (secondary N) is 1. The number of rotatable bonds is 7. The molecule has 2 aromatic carbocycles. The van der Waals surface area contributed by atoms with Crippen LogP contribution in [0.2, 0.25) is 0 Å². The summed E-state index contributed by atoms with van der Waals surface area (Å²) in [5.41, 5.74) is 2.70. The van der Waals surface area contributed by atoms with E-state index in [9.17, 15) is 20.2 Å². The maximum absolute atomic E-state index is 12.7. The molecule has 1 N–H and O–H groups in total. The molecule has 34 heavy (non-hydrogen) atoms. The van der Waals surface area contributed by atoms with Crippen molar-refractivity contribution in [2.75, 3.05) is 0 Å². The van der Waals surface area contributed by atoms with Crippen molar-refractivity contribution in [1.82, 2.24) is 20.1 Å². The van der Waals surface area contributed by atoms with Crippen LogP contribution in [0.1, 0.15) is 11.1 Å². The second kappa shape index (κ2) is 10.0. The van der Waals surface area contributed by atoms with E-state index in [1.54, 1.807) is 41.5 Å². The predicted octanol–water partition coefficient (Wildman–Crippen LogP) is 4.07. The molecule has 1 amide bonds. The number of amides is 1. The molecule has 0 saturated heterocycles. The number of carbonyl (C=O) groups excluding carboxylic acids is 1. The third kappa shape index (κ3) is 5.03. The van der Waals surface area contributed by atoms with E-state index in [0.717, 1.165) is 11.3 Å². The van der Waals surface area contributed by atoms with Gasteiger partial charge in [-0.1, -0.05) is 36.4 Å². The maximum atomic E-state index is 12.7. The first-order valence-electron chi connectivity index (χ1n) is 10.2. The number of hydrogen-bond donors (Lipinski definition) is 1. The SMILES string of the molecule is N#C/C(=C/c1cn(-c2ccccc2)nc1-c1cccc([N+](=O)[O-])c1)C(=O)NCc1cccnc1. The molecule has 0 aliphatic carbocycles. The highest BCUT2D eigenvalue weighted by Gasteiger charge is 2.17. The normalized spacial score (nSPS) is 11.0. The van der Waals surface area contributed by atoms with Gasteiger partial charge in [0.15, 0.2) is 0 Å². The van der Waals surface area contributed by atoms with Crippen molar-refractivity contribution in [3.63, 3.8) is 0 Å². The summed E-state index contributed by atoms with van der Waals surface area (Å²) >= 11 is 0. The summed E-state index contributed by atoms with van der Waals surface area (Å²) in [5, 5.41) is 28.2. The molecular weight excluding hydrogens is 432 g/mol. The van der Waals surface area contributed by atoms with E-state index in [1.807, 2.05) is 42.5 Å². The molecule has 0 unspecified atom stereocenters. The number of nitro benzene ring substituents is 1. The van der Waals surface area contributed by atoms with Crippen LogP contribution in [-0.2, 0) is 11.3 Å². The number of nitriles is 1. The van der Waals surface area contributed by atoms with Gasteiger partial charge in [-0.25, -0.2) is 4.68 Å². The van der Waals surface area contributed by atoms with E-state index in [4.69, 9.17) is 0 Å². The number of aromatic nitrogens is 3. The third-order valence-corrected chi connectivity index (χ3v) is 4.93. The van der Waals surface area contributed by atoms with E-state index < -0.39 is 10.8 Å². The van der Waals surface area contributed by atoms with Crippen molar-refractivity contribution < 1.29 is 9.72 Å². The van der Waals surface area contributed by atoms with Gasteiger partial charge in [0.1, 0.15) is 17.3 Å². The minimum Gasteiger partial charge on any atom is -0.347 e. The Balaban J connectivity index is 1.73. The lowest BCUT2D eigenvalue weighted by Gasteiger charge is -2.04. The summed E-state index contributed by atoms with van der Waals surface area (Å²) in [6, 6.07) is 20.8. The third-order valence-electron chi connectivity index (χ3n) is 4.93. The van der Waals surface area contributed by atoms with Crippen LogP contribution < -0.4 is 5.32 Å². The average Bonchev–Trinajstić information content (AvgIpc) is 3.31. The van der Waals surface area contributed by atoms with Gasteiger partial charge < -0.3 is 5.32 Å². The number of nitro groups is 1. The lowest BCUT2D eigenvalue weighted by molar-refractivity contribution is -0.384. The molecule has 2 heterocycles. The Labute approximate surface area is 194 Å². The fourth-order valence-electron chi connectivity index (χ4n) is 3.28. The van der Waals surface area contributed by atoms with Gasteiger partial charge in [0.2, 0.25) is 0 Å². The molecule has 9 heteroatoms. The van der Waals surface area contributed by atoms with Crippen LogP contribution in [-0.4, -0.2) is 25.6 Å². The first-order valence-corrected chi connectivity index (χ1v) is 10.2. The number of nitrogens with zero attached hydrogens (tertiary/aromatic N) is 5. The Hall–Kier alpha value is -5.10. The Morgan fingerprint density at radius 1 is 1.15 bits per heavy atom. The largest absolute Gasteiger partial charge is 0.347 e. The van der Waals surface area contributed by atoms with Crippen molar-refractivity contribution in [3.05, 3.63) is 112 Å². The van der Waals surface area contributed by atoms with E-state index in [-0.39, 0.29) is 17.8 Å². The number of hydrogen-bond acceptors (Lipinski definition) is 6. The van der Waals surface area contributed by atoms with Gasteiger partial charge in [0, 0.05) is 48.4 Å². The highest BCUT2D eigenvalue weighted by Crippen LogP contribution is 2.28. The van der Waals surface area contributed by atoms with Gasteiger partial charge in [0.25, 0.3) is 11.6 Å². The minimum atomic E-state index is -0.552. The van der Waals surface area contributed by atoms with Crippen molar-refractivity contribution in [2.24, 2.45) is 0 Å². The van der Waals surface area contributed by atoms with Crippen LogP contribution >= 0.6 is 0 Å². The van der Waals surface area contributed by atoms with Crippen LogP contribution in [0.5, 0.6) is 0 Å². The molecule has 9 nitrogen and oxygen atoms in total. The second-order valence-corrected chi connectivity index (χ2v) is 7.23. The first kappa shape index (κ1) is 22.1. The summed E-state index contributed by atoms with van der Waals surface area (Å²) < 4.78 is 1.60. The molecule has 2 aromatic heterocycles. The number of carbonyl (C=O) groups is 1. The molecule has 0 atom stereocenters. The van der Waals surface area contributed by atoms with Gasteiger partial charge in [-0.3, -0.25) is 19.9 Å². The van der Waals surface area contributed by atoms with E-state index in [0.29, 0.717) is 16.8 Å². The summed E-state index contributed by atoms with van der Waals surface area (Å²) in [6.07, 6.45) is 6.36. The van der Waals surface area contributed by atoms with Crippen molar-refractivity contribution in [3.8, 4) is 23.0 Å². The van der Waals surface area contributed by atoms with Gasteiger partial charge in [0.05, 0.1) is 10.6 Å². The Bertz CT molecular complexity index is 1410. The molecular formula is C25H18N6O3. The standard InChI is InChI=1S/C25H18N6O3/c26-14-20(25(32)28-16-18-6-5-11-27-15-18)12-21-17-30(22-8-2-1-3-9-22)29-24(21)19-7-4-10-23(13-19)31(33)34/h1-13,15,17H,16H2,(H,28,32)/b20-12-. The van der Waals surface area contributed by atoms with E-state index >= 15 is 0 Å². The monoisotopic (exact) mass is 450 g/mol. The van der Waals surface area contributed by atoms with Crippen molar-refractivity contribution in [2.45, 2.75) is 6.54 Å². The fraction of sp³-hybridized carbons (Fsp3) is 0.0400. The van der Waals surface area contributed by atoms with Crippen molar-refractivity contribution >= 4 is 17.7 Å². The fourth-order valence-corrected chi connectivity index (χ4v) is 3.28. The highest BCUT2D eigenvalue weighted by atomic mass is 16.6. The number of non-ortho nitro benzene ring substituents is 1. The molecule has 4 rings (SSSR count). The zero-order valence-electron chi connectivity index (χ0n) is 17.8. The quantitative estimate of drug-likeness (QED) is 0.196. The van der Waals surface area contributed by atoms with Crippen LogP contribution in [0, 0.1) is 21.4 Å². The van der Waals surface area contributed by atoms with Crippen LogP contribution in [0.25, 0.3) is 23.0 Å². The topological polar surface area (TPSA) is 127 Å². The lowest BCUT2D eigenvalue weighted by Crippen LogP contribution is -2.24. The van der Waals surface area contributed by atoms with Gasteiger partial charge >= 0.3 is 0 Å². The smallest absolute Gasteiger partial charge is 0.270 e. The highest BCUT2D eigenvalue weighted by molar-refractivity contribution is 6.02. The molecule has 0 spiro atoms. The lowest BCUT2D eigenvalue weighted by atomic mass is 10.1. The van der Waals surface area contributed by atoms with Crippen LogP contribution in [0.4, 0.5) is 5.69 Å². The molecule has 0 bridgehead atoms. The van der Waals surface area contributed by atoms with E-state index in [2.05, 4.69) is 15.4 Å². The summed E-state index contributed by atoms with van der Waals surface area (Å²) in [6.45, 7) is 0.215. The molecule has 166 valence electrons. The zero-order chi connectivity index (χ0) is 23.9. The predicted molar refractivity (Wildman–Crippen MR) is 125 cm³/mol.